The van der Waals surface area contributed by atoms with E-state index in [1.165, 1.54) is 15.6 Å². The van der Waals surface area contributed by atoms with Gasteiger partial charge in [-0.15, -0.1) is 11.3 Å². The first-order valence-electron chi connectivity index (χ1n) is 6.48. The van der Waals surface area contributed by atoms with Crippen molar-refractivity contribution in [3.63, 3.8) is 0 Å². The van der Waals surface area contributed by atoms with E-state index in [0.29, 0.717) is 36.9 Å². The summed E-state index contributed by atoms with van der Waals surface area (Å²) in [5, 5.41) is 0. The molecule has 21 heavy (non-hydrogen) atoms. The SMILES string of the molecule is CN(C)CC(=O)N1CCN(S(=O)(=O)c2ccc(Br)s2)CC1. The first kappa shape index (κ1) is 16.9. The summed E-state index contributed by atoms with van der Waals surface area (Å²) in [7, 11) is 0.241. The van der Waals surface area contributed by atoms with Gasteiger partial charge in [-0.3, -0.25) is 4.79 Å². The van der Waals surface area contributed by atoms with Crippen LogP contribution in [0.25, 0.3) is 0 Å². The number of hydrogen-bond donors (Lipinski definition) is 0. The minimum absolute atomic E-state index is 0.0379. The molecule has 1 aromatic rings. The van der Waals surface area contributed by atoms with E-state index in [0.717, 1.165) is 3.79 Å². The van der Waals surface area contributed by atoms with Crippen molar-refractivity contribution in [1.29, 1.82) is 0 Å². The molecule has 0 aromatic carbocycles. The third kappa shape index (κ3) is 4.04. The number of amides is 1. The molecule has 1 aliphatic heterocycles. The lowest BCUT2D eigenvalue weighted by atomic mass is 10.3. The molecule has 1 aliphatic rings. The fraction of sp³-hybridized carbons (Fsp3) is 0.583. The van der Waals surface area contributed by atoms with Crippen LogP contribution in [0, 0.1) is 0 Å². The second-order valence-corrected chi connectivity index (χ2v) is 9.71. The predicted octanol–water partition coefficient (Wildman–Crippen LogP) is 0.905. The van der Waals surface area contributed by atoms with Crippen molar-refractivity contribution in [1.82, 2.24) is 14.1 Å². The fourth-order valence-corrected chi connectivity index (χ4v) is 5.70. The van der Waals surface area contributed by atoms with E-state index < -0.39 is 10.0 Å². The largest absolute Gasteiger partial charge is 0.339 e. The van der Waals surface area contributed by atoms with Crippen LogP contribution >= 0.6 is 27.3 Å². The van der Waals surface area contributed by atoms with Gasteiger partial charge in [0.15, 0.2) is 0 Å². The first-order chi connectivity index (χ1) is 9.80. The van der Waals surface area contributed by atoms with Crippen LogP contribution in [0.3, 0.4) is 0 Å². The van der Waals surface area contributed by atoms with Gasteiger partial charge in [-0.25, -0.2) is 8.42 Å². The Morgan fingerprint density at radius 1 is 1.29 bits per heavy atom. The fourth-order valence-electron chi connectivity index (χ4n) is 2.11. The van der Waals surface area contributed by atoms with E-state index in [2.05, 4.69) is 15.9 Å². The summed E-state index contributed by atoms with van der Waals surface area (Å²) >= 11 is 4.48. The zero-order chi connectivity index (χ0) is 15.6. The van der Waals surface area contributed by atoms with Crippen molar-refractivity contribution < 1.29 is 13.2 Å². The standard InChI is InChI=1S/C12H18BrN3O3S2/c1-14(2)9-11(17)15-5-7-16(8-6-15)21(18,19)12-4-3-10(13)20-12/h3-4H,5-9H2,1-2H3. The van der Waals surface area contributed by atoms with Gasteiger partial charge >= 0.3 is 0 Å². The molecule has 1 aromatic heterocycles. The minimum atomic E-state index is -3.44. The zero-order valence-electron chi connectivity index (χ0n) is 12.0. The third-order valence-electron chi connectivity index (χ3n) is 3.19. The van der Waals surface area contributed by atoms with Gasteiger partial charge in [0.1, 0.15) is 4.21 Å². The summed E-state index contributed by atoms with van der Waals surface area (Å²) in [6.07, 6.45) is 0. The quantitative estimate of drug-likeness (QED) is 0.759. The molecule has 1 amide bonds. The summed E-state index contributed by atoms with van der Waals surface area (Å²) in [5.74, 6) is 0.0379. The maximum absolute atomic E-state index is 12.5. The van der Waals surface area contributed by atoms with Gasteiger partial charge in [-0.2, -0.15) is 4.31 Å². The number of carbonyl (C=O) groups excluding carboxylic acids is 1. The first-order valence-corrected chi connectivity index (χ1v) is 9.53. The highest BCUT2D eigenvalue weighted by Crippen LogP contribution is 2.28. The van der Waals surface area contributed by atoms with Gasteiger partial charge in [0, 0.05) is 26.2 Å². The average Bonchev–Trinajstić information content (AvgIpc) is 2.85. The number of likely N-dealkylation sites (N-methyl/N-ethyl adjacent to an activating group) is 1. The third-order valence-corrected chi connectivity index (χ3v) is 7.18. The smallest absolute Gasteiger partial charge is 0.252 e. The maximum Gasteiger partial charge on any atom is 0.252 e. The van der Waals surface area contributed by atoms with Crippen LogP contribution in [0.4, 0.5) is 0 Å². The van der Waals surface area contributed by atoms with Crippen molar-refractivity contribution in [2.45, 2.75) is 4.21 Å². The second kappa shape index (κ2) is 6.74. The van der Waals surface area contributed by atoms with Crippen LogP contribution in [-0.2, 0) is 14.8 Å². The highest BCUT2D eigenvalue weighted by atomic mass is 79.9. The van der Waals surface area contributed by atoms with Crippen LogP contribution in [0.1, 0.15) is 0 Å². The number of piperazine rings is 1. The number of thiophene rings is 1. The maximum atomic E-state index is 12.5. The Morgan fingerprint density at radius 2 is 1.90 bits per heavy atom. The van der Waals surface area contributed by atoms with E-state index in [4.69, 9.17) is 0 Å². The second-order valence-electron chi connectivity index (χ2n) is 5.08. The lowest BCUT2D eigenvalue weighted by molar-refractivity contribution is -0.133. The van der Waals surface area contributed by atoms with E-state index in [-0.39, 0.29) is 5.91 Å². The molecule has 2 heterocycles. The Hall–Kier alpha value is -0.480. The average molecular weight is 396 g/mol. The molecule has 0 spiro atoms. The molecule has 1 saturated heterocycles. The number of hydrogen-bond acceptors (Lipinski definition) is 5. The van der Waals surface area contributed by atoms with Crippen LogP contribution in [-0.4, -0.2) is 75.2 Å². The molecule has 0 radical (unpaired) electrons. The van der Waals surface area contributed by atoms with Crippen LogP contribution < -0.4 is 0 Å². The van der Waals surface area contributed by atoms with Gasteiger partial charge in [-0.1, -0.05) is 0 Å². The van der Waals surface area contributed by atoms with Crippen LogP contribution in [0.15, 0.2) is 20.1 Å². The number of nitrogens with zero attached hydrogens (tertiary/aromatic N) is 3. The molecule has 0 aliphatic carbocycles. The number of carbonyl (C=O) groups is 1. The number of halogens is 1. The van der Waals surface area contributed by atoms with Crippen molar-refractivity contribution in [2.24, 2.45) is 0 Å². The molecule has 118 valence electrons. The lowest BCUT2D eigenvalue weighted by Gasteiger charge is -2.34. The molecular weight excluding hydrogens is 378 g/mol. The predicted molar refractivity (Wildman–Crippen MR) is 85.9 cm³/mol. The Morgan fingerprint density at radius 3 is 2.38 bits per heavy atom. The van der Waals surface area contributed by atoms with Gasteiger partial charge in [0.25, 0.3) is 10.0 Å². The number of sulfonamides is 1. The Bertz CT molecular complexity index is 607. The molecule has 6 nitrogen and oxygen atoms in total. The molecular formula is C12H18BrN3O3S2. The molecule has 1 fully saturated rings. The van der Waals surface area contributed by atoms with Gasteiger partial charge in [0.2, 0.25) is 5.91 Å². The highest BCUT2D eigenvalue weighted by molar-refractivity contribution is 9.11. The Balaban J connectivity index is 1.99. The van der Waals surface area contributed by atoms with E-state index in [1.807, 2.05) is 19.0 Å². The Kier molecular flexibility index (Phi) is 5.42. The van der Waals surface area contributed by atoms with Crippen molar-refractivity contribution in [3.8, 4) is 0 Å². The summed E-state index contributed by atoms with van der Waals surface area (Å²) < 4.78 is 27.5. The van der Waals surface area contributed by atoms with Crippen molar-refractivity contribution in [2.75, 3.05) is 46.8 Å². The molecule has 0 N–H and O–H groups in total. The summed E-state index contributed by atoms with van der Waals surface area (Å²) in [6, 6.07) is 3.34. The van der Waals surface area contributed by atoms with Gasteiger partial charge in [0.05, 0.1) is 10.3 Å². The monoisotopic (exact) mass is 395 g/mol. The molecule has 0 saturated carbocycles. The lowest BCUT2D eigenvalue weighted by Crippen LogP contribution is -2.52. The topological polar surface area (TPSA) is 60.9 Å². The summed E-state index contributed by atoms with van der Waals surface area (Å²) in [5.41, 5.74) is 0. The van der Waals surface area contributed by atoms with E-state index in [1.54, 1.807) is 17.0 Å². The number of rotatable bonds is 4. The molecule has 2 rings (SSSR count). The summed E-state index contributed by atoms with van der Waals surface area (Å²) in [6.45, 7) is 1.93. The highest BCUT2D eigenvalue weighted by Gasteiger charge is 2.30. The van der Waals surface area contributed by atoms with Crippen molar-refractivity contribution in [3.05, 3.63) is 15.9 Å². The van der Waals surface area contributed by atoms with Gasteiger partial charge in [-0.05, 0) is 42.2 Å². The molecule has 9 heteroatoms. The van der Waals surface area contributed by atoms with E-state index >= 15 is 0 Å². The van der Waals surface area contributed by atoms with Crippen LogP contribution in [0.5, 0.6) is 0 Å². The minimum Gasteiger partial charge on any atom is -0.339 e. The molecule has 0 unspecified atom stereocenters. The normalized spacial score (nSPS) is 17.4. The van der Waals surface area contributed by atoms with Gasteiger partial charge < -0.3 is 9.80 Å². The molecule has 0 bridgehead atoms. The summed E-state index contributed by atoms with van der Waals surface area (Å²) in [4.78, 5) is 15.5. The van der Waals surface area contributed by atoms with Crippen molar-refractivity contribution >= 4 is 43.2 Å². The van der Waals surface area contributed by atoms with Crippen LogP contribution in [0.2, 0.25) is 0 Å². The Labute approximate surface area is 137 Å². The van der Waals surface area contributed by atoms with E-state index in [9.17, 15) is 13.2 Å². The zero-order valence-corrected chi connectivity index (χ0v) is 15.2. The molecule has 0 atom stereocenters.